The van der Waals surface area contributed by atoms with Crippen molar-refractivity contribution in [1.82, 2.24) is 0 Å². The summed E-state index contributed by atoms with van der Waals surface area (Å²) in [5.74, 6) is 0. The summed E-state index contributed by atoms with van der Waals surface area (Å²) in [6.45, 7) is 8.27. The first-order valence-corrected chi connectivity index (χ1v) is 4.00. The maximum atomic E-state index is 7.82. The van der Waals surface area contributed by atoms with Crippen molar-refractivity contribution in [2.24, 2.45) is 0 Å². The Morgan fingerprint density at radius 1 is 1.09 bits per heavy atom. The molecule has 0 aromatic heterocycles. The molecular weight excluding hydrogens is 131 g/mol. The molecule has 0 aliphatic heterocycles. The van der Waals surface area contributed by atoms with Crippen molar-refractivity contribution in [3.63, 3.8) is 0 Å². The number of hydrogen-bond acceptors (Lipinski definition) is 0. The Morgan fingerprint density at radius 2 is 1.64 bits per heavy atom. The highest BCUT2D eigenvalue weighted by Gasteiger charge is 2.02. The van der Waals surface area contributed by atoms with Gasteiger partial charge in [0.1, 0.15) is 7.85 Å². The highest BCUT2D eigenvalue weighted by Crippen LogP contribution is 2.11. The van der Waals surface area contributed by atoms with Gasteiger partial charge in [0.15, 0.2) is 0 Å². The summed E-state index contributed by atoms with van der Waals surface area (Å²) in [7, 11) is 2.09. The van der Waals surface area contributed by atoms with Gasteiger partial charge in [-0.05, 0) is 38.8 Å². The van der Waals surface area contributed by atoms with Crippen molar-refractivity contribution < 1.29 is 1.37 Å². The fraction of sp³-hybridized carbons (Fsp3) is 0.400. The minimum Gasteiger partial charge on any atom is -0.0830 e. The summed E-state index contributed by atoms with van der Waals surface area (Å²) in [5.41, 5.74) is 6.11. The van der Waals surface area contributed by atoms with Crippen LogP contribution in [-0.4, -0.2) is 7.85 Å². The molecule has 0 aliphatic rings. The third-order valence-corrected chi connectivity index (χ3v) is 2.62. The SMILES string of the molecule is [2H]c1c(C)c(B)c(C)c(C)c1C. The van der Waals surface area contributed by atoms with Crippen LogP contribution in [0.15, 0.2) is 6.04 Å². The third kappa shape index (κ3) is 1.32. The Hall–Kier alpha value is -0.715. The molecule has 0 atom stereocenters. The van der Waals surface area contributed by atoms with Crippen molar-refractivity contribution in [2.45, 2.75) is 27.7 Å². The van der Waals surface area contributed by atoms with Crippen molar-refractivity contribution in [2.75, 3.05) is 0 Å². The maximum Gasteiger partial charge on any atom is 0.139 e. The monoisotopic (exact) mass is 147 g/mol. The second kappa shape index (κ2) is 2.73. The van der Waals surface area contributed by atoms with Gasteiger partial charge in [0.25, 0.3) is 0 Å². The molecule has 0 nitrogen and oxygen atoms in total. The molecule has 0 unspecified atom stereocenters. The first-order chi connectivity index (χ1) is 5.46. The summed E-state index contributed by atoms with van der Waals surface area (Å²) in [6, 6.07) is 0.704. The Morgan fingerprint density at radius 3 is 2.18 bits per heavy atom. The maximum absolute atomic E-state index is 7.82. The highest BCUT2D eigenvalue weighted by molar-refractivity contribution is 6.34. The fourth-order valence-electron chi connectivity index (χ4n) is 1.31. The lowest BCUT2D eigenvalue weighted by Gasteiger charge is -2.10. The molecule has 1 rings (SSSR count). The standard InChI is InChI=1S/C10H15B/c1-6-5-7(2)10(11)9(4)8(6)3/h5H,11H2,1-4H3/i5D. The van der Waals surface area contributed by atoms with Crippen LogP contribution in [0.4, 0.5) is 0 Å². The van der Waals surface area contributed by atoms with Gasteiger partial charge in [-0.15, -0.1) is 0 Å². The molecule has 0 spiro atoms. The largest absolute Gasteiger partial charge is 0.139 e. The lowest BCUT2D eigenvalue weighted by Crippen LogP contribution is -2.13. The first kappa shape index (κ1) is 6.96. The average molecular weight is 147 g/mol. The summed E-state index contributed by atoms with van der Waals surface area (Å²) in [4.78, 5) is 0. The molecule has 0 bridgehead atoms. The van der Waals surface area contributed by atoms with E-state index in [0.29, 0.717) is 6.04 Å². The molecular formula is C10H15B. The molecule has 58 valence electrons. The summed E-state index contributed by atoms with van der Waals surface area (Å²) >= 11 is 0. The van der Waals surface area contributed by atoms with Crippen LogP contribution in [0.1, 0.15) is 23.6 Å². The van der Waals surface area contributed by atoms with E-state index in [9.17, 15) is 0 Å². The van der Waals surface area contributed by atoms with Gasteiger partial charge in [-0.1, -0.05) is 22.6 Å². The predicted molar refractivity (Wildman–Crippen MR) is 53.6 cm³/mol. The molecule has 0 aliphatic carbocycles. The van der Waals surface area contributed by atoms with Gasteiger partial charge in [-0.3, -0.25) is 0 Å². The molecule has 0 heterocycles. The van der Waals surface area contributed by atoms with Crippen LogP contribution in [0, 0.1) is 27.7 Å². The third-order valence-electron chi connectivity index (χ3n) is 2.62. The molecule has 0 N–H and O–H groups in total. The minimum atomic E-state index is 0.704. The topological polar surface area (TPSA) is 0 Å². The van der Waals surface area contributed by atoms with E-state index >= 15 is 0 Å². The van der Waals surface area contributed by atoms with Gasteiger partial charge in [0.05, 0.1) is 1.37 Å². The quantitative estimate of drug-likeness (QED) is 0.483. The molecule has 11 heavy (non-hydrogen) atoms. The van der Waals surface area contributed by atoms with Crippen molar-refractivity contribution in [1.29, 1.82) is 0 Å². The number of rotatable bonds is 0. The lowest BCUT2D eigenvalue weighted by atomic mass is 9.83. The molecule has 1 aromatic rings. The van der Waals surface area contributed by atoms with Gasteiger partial charge < -0.3 is 0 Å². The van der Waals surface area contributed by atoms with E-state index in [2.05, 4.69) is 21.7 Å². The number of hydrogen-bond donors (Lipinski definition) is 0. The van der Waals surface area contributed by atoms with Crippen molar-refractivity contribution in [3.05, 3.63) is 28.3 Å². The van der Waals surface area contributed by atoms with E-state index in [1.165, 1.54) is 16.6 Å². The van der Waals surface area contributed by atoms with E-state index in [-0.39, 0.29) is 0 Å². The van der Waals surface area contributed by atoms with Gasteiger partial charge in [0, 0.05) is 0 Å². The van der Waals surface area contributed by atoms with E-state index in [1.54, 1.807) is 0 Å². The zero-order chi connectivity index (χ0) is 9.46. The second-order valence-electron chi connectivity index (χ2n) is 3.25. The highest BCUT2D eigenvalue weighted by atomic mass is 14.0. The van der Waals surface area contributed by atoms with E-state index < -0.39 is 0 Å². The van der Waals surface area contributed by atoms with E-state index in [1.807, 2.05) is 13.8 Å². The van der Waals surface area contributed by atoms with Gasteiger partial charge in [-0.2, -0.15) is 0 Å². The van der Waals surface area contributed by atoms with E-state index in [0.717, 1.165) is 11.1 Å². The van der Waals surface area contributed by atoms with Crippen molar-refractivity contribution in [3.8, 4) is 0 Å². The van der Waals surface area contributed by atoms with Gasteiger partial charge in [-0.25, -0.2) is 0 Å². The minimum absolute atomic E-state index is 0.704. The van der Waals surface area contributed by atoms with Crippen LogP contribution < -0.4 is 5.46 Å². The summed E-state index contributed by atoms with van der Waals surface area (Å²) in [6.07, 6.45) is 0. The average Bonchev–Trinajstić information content (AvgIpc) is 2.08. The zero-order valence-corrected chi connectivity index (χ0v) is 8.00. The zero-order valence-electron chi connectivity index (χ0n) is 9.00. The smallest absolute Gasteiger partial charge is 0.0830 e. The normalized spacial score (nSPS) is 11.5. The van der Waals surface area contributed by atoms with Crippen LogP contribution >= 0.6 is 0 Å². The van der Waals surface area contributed by atoms with Crippen LogP contribution in [0.2, 0.25) is 0 Å². The molecule has 0 saturated carbocycles. The number of benzene rings is 1. The Balaban J connectivity index is 3.60. The fourth-order valence-corrected chi connectivity index (χ4v) is 1.31. The molecule has 0 saturated heterocycles. The van der Waals surface area contributed by atoms with Crippen LogP contribution in [0.25, 0.3) is 0 Å². The molecule has 1 aromatic carbocycles. The van der Waals surface area contributed by atoms with E-state index in [4.69, 9.17) is 1.37 Å². The lowest BCUT2D eigenvalue weighted by molar-refractivity contribution is 1.26. The summed E-state index contributed by atoms with van der Waals surface area (Å²) < 4.78 is 7.82. The summed E-state index contributed by atoms with van der Waals surface area (Å²) in [5, 5.41) is 0. The molecule has 0 amide bonds. The Kier molecular flexibility index (Phi) is 1.73. The van der Waals surface area contributed by atoms with Crippen LogP contribution in [0.3, 0.4) is 0 Å². The first-order valence-electron chi connectivity index (χ1n) is 4.50. The van der Waals surface area contributed by atoms with Gasteiger partial charge in [0.2, 0.25) is 0 Å². The van der Waals surface area contributed by atoms with Crippen molar-refractivity contribution >= 4 is 13.3 Å². The molecule has 0 radical (unpaired) electrons. The Bertz CT molecular complexity index is 224. The molecule has 1 heteroatoms. The van der Waals surface area contributed by atoms with Crippen LogP contribution in [-0.2, 0) is 0 Å². The Labute approximate surface area is 71.4 Å². The second-order valence-corrected chi connectivity index (χ2v) is 3.25. The predicted octanol–water partition coefficient (Wildman–Crippen LogP) is 1.18. The molecule has 0 fully saturated rings. The van der Waals surface area contributed by atoms with Crippen LogP contribution in [0.5, 0.6) is 0 Å². The van der Waals surface area contributed by atoms with Gasteiger partial charge >= 0.3 is 0 Å².